The summed E-state index contributed by atoms with van der Waals surface area (Å²) in [7, 11) is 1.65. The summed E-state index contributed by atoms with van der Waals surface area (Å²) in [4.78, 5) is 12.2. The Morgan fingerprint density at radius 3 is 2.22 bits per heavy atom. The zero-order valence-corrected chi connectivity index (χ0v) is 6.33. The Balaban J connectivity index is 2.87. The lowest BCUT2D eigenvalue weighted by atomic mass is 10.6. The van der Waals surface area contributed by atoms with Crippen LogP contribution >= 0.6 is 23.2 Å². The molecule has 1 amide bonds. The van der Waals surface area contributed by atoms with Crippen molar-refractivity contribution in [2.75, 3.05) is 13.6 Å². The van der Waals surface area contributed by atoms with E-state index in [-0.39, 0.29) is 10.9 Å². The average molecular weight is 166 g/mol. The molecule has 0 unspecified atom stereocenters. The summed E-state index contributed by atoms with van der Waals surface area (Å²) in [6.07, 6.45) is 0. The molecule has 4 heteroatoms. The molecular weight excluding hydrogens is 161 g/mol. The van der Waals surface area contributed by atoms with Gasteiger partial charge in [0.05, 0.1) is 11.6 Å². The van der Waals surface area contributed by atoms with Crippen molar-refractivity contribution in [2.45, 2.75) is 0 Å². The highest BCUT2D eigenvalue weighted by molar-refractivity contribution is 6.49. The fourth-order valence-electron chi connectivity index (χ4n) is 0.633. The average Bonchev–Trinajstić information content (AvgIpc) is 1.98. The number of carbonyl (C=O) groups is 1. The normalized spacial score (nSPS) is 19.9. The maximum absolute atomic E-state index is 10.8. The van der Waals surface area contributed by atoms with E-state index >= 15 is 0 Å². The summed E-state index contributed by atoms with van der Waals surface area (Å²) in [6, 6.07) is 0. The van der Waals surface area contributed by atoms with Crippen LogP contribution in [-0.2, 0) is 4.79 Å². The van der Waals surface area contributed by atoms with Crippen LogP contribution in [0.4, 0.5) is 0 Å². The van der Waals surface area contributed by atoms with Crippen LogP contribution in [0.15, 0.2) is 10.1 Å². The van der Waals surface area contributed by atoms with Crippen LogP contribution in [0.3, 0.4) is 0 Å². The van der Waals surface area contributed by atoms with E-state index in [4.69, 9.17) is 23.2 Å². The second kappa shape index (κ2) is 2.20. The van der Waals surface area contributed by atoms with E-state index in [0.29, 0.717) is 11.6 Å². The summed E-state index contributed by atoms with van der Waals surface area (Å²) < 4.78 is 0. The molecule has 0 aliphatic carbocycles. The summed E-state index contributed by atoms with van der Waals surface area (Å²) in [5.74, 6) is -0.193. The highest BCUT2D eigenvalue weighted by Gasteiger charge is 2.24. The second-order valence-electron chi connectivity index (χ2n) is 1.88. The smallest absolute Gasteiger partial charge is 0.266 e. The lowest BCUT2D eigenvalue weighted by Gasteiger charge is -2.04. The van der Waals surface area contributed by atoms with Crippen LogP contribution in [0.25, 0.3) is 0 Å². The quantitative estimate of drug-likeness (QED) is 0.528. The van der Waals surface area contributed by atoms with Crippen molar-refractivity contribution < 1.29 is 4.79 Å². The molecule has 50 valence electrons. The van der Waals surface area contributed by atoms with Crippen molar-refractivity contribution in [3.8, 4) is 0 Å². The number of likely N-dealkylation sites (N-methyl/N-ethyl adjacent to an activating group) is 1. The van der Waals surface area contributed by atoms with Crippen molar-refractivity contribution >= 4 is 29.1 Å². The van der Waals surface area contributed by atoms with Crippen LogP contribution in [0.1, 0.15) is 0 Å². The first-order valence-electron chi connectivity index (χ1n) is 2.42. The molecule has 2 nitrogen and oxygen atoms in total. The maximum Gasteiger partial charge on any atom is 0.266 e. The molecule has 9 heavy (non-hydrogen) atoms. The van der Waals surface area contributed by atoms with Crippen LogP contribution in [0.5, 0.6) is 0 Å². The molecule has 0 aromatic carbocycles. The third-order valence-corrected chi connectivity index (χ3v) is 1.94. The van der Waals surface area contributed by atoms with E-state index in [0.717, 1.165) is 0 Å². The Labute approximate surface area is 63.0 Å². The Morgan fingerprint density at radius 2 is 2.11 bits per heavy atom. The molecule has 0 spiro atoms. The van der Waals surface area contributed by atoms with E-state index < -0.39 is 0 Å². The van der Waals surface area contributed by atoms with Crippen molar-refractivity contribution in [1.29, 1.82) is 0 Å². The van der Waals surface area contributed by atoms with E-state index in [1.54, 1.807) is 7.05 Å². The molecule has 0 radical (unpaired) electrons. The third kappa shape index (κ3) is 1.05. The van der Waals surface area contributed by atoms with Gasteiger partial charge in [0.15, 0.2) is 0 Å². The van der Waals surface area contributed by atoms with Crippen molar-refractivity contribution in [2.24, 2.45) is 0 Å². The fraction of sp³-hybridized carbons (Fsp3) is 0.400. The van der Waals surface area contributed by atoms with Crippen LogP contribution < -0.4 is 0 Å². The molecule has 1 rings (SSSR count). The zero-order chi connectivity index (χ0) is 7.02. The number of nitrogens with zero attached hydrogens (tertiary/aromatic N) is 1. The first-order chi connectivity index (χ1) is 4.13. The number of rotatable bonds is 0. The molecule has 0 saturated carbocycles. The van der Waals surface area contributed by atoms with Gasteiger partial charge >= 0.3 is 0 Å². The predicted molar refractivity (Wildman–Crippen MR) is 36.4 cm³/mol. The first kappa shape index (κ1) is 6.90. The third-order valence-electron chi connectivity index (χ3n) is 1.15. The van der Waals surface area contributed by atoms with Gasteiger partial charge in [-0.25, -0.2) is 0 Å². The topological polar surface area (TPSA) is 20.3 Å². The van der Waals surface area contributed by atoms with Gasteiger partial charge in [-0.2, -0.15) is 0 Å². The number of amides is 1. The van der Waals surface area contributed by atoms with Gasteiger partial charge in [-0.3, -0.25) is 4.79 Å². The molecule has 1 aliphatic rings. The molecule has 1 heterocycles. The maximum atomic E-state index is 10.8. The van der Waals surface area contributed by atoms with E-state index in [1.807, 2.05) is 0 Å². The highest BCUT2D eigenvalue weighted by atomic mass is 35.5. The van der Waals surface area contributed by atoms with Crippen molar-refractivity contribution in [1.82, 2.24) is 4.90 Å². The summed E-state index contributed by atoms with van der Waals surface area (Å²) in [5.41, 5.74) is 0. The Bertz CT molecular complexity index is 187. The van der Waals surface area contributed by atoms with E-state index in [2.05, 4.69) is 0 Å². The standard InChI is InChI=1S/C5H5Cl2NO/c1-8-2-3(6)4(7)5(8)9/h2H2,1H3. The highest BCUT2D eigenvalue weighted by Crippen LogP contribution is 2.23. The number of hydrogen-bond acceptors (Lipinski definition) is 1. The SMILES string of the molecule is CN1CC(Cl)=C(Cl)C1=O. The minimum absolute atomic E-state index is 0.152. The second-order valence-corrected chi connectivity index (χ2v) is 2.71. The summed E-state index contributed by atoms with van der Waals surface area (Å²) in [5, 5.41) is 0.586. The minimum atomic E-state index is -0.193. The molecule has 0 bridgehead atoms. The van der Waals surface area contributed by atoms with Gasteiger partial charge in [-0.1, -0.05) is 23.2 Å². The summed E-state index contributed by atoms with van der Waals surface area (Å²) in [6.45, 7) is 0.444. The Hall–Kier alpha value is -0.210. The molecular formula is C5H5Cl2NO. The molecule has 0 atom stereocenters. The number of halogens is 2. The van der Waals surface area contributed by atoms with Gasteiger partial charge in [0, 0.05) is 7.05 Å². The molecule has 0 saturated heterocycles. The molecule has 0 aromatic heterocycles. The van der Waals surface area contributed by atoms with Crippen molar-refractivity contribution in [3.63, 3.8) is 0 Å². The Kier molecular flexibility index (Phi) is 1.68. The molecule has 0 fully saturated rings. The van der Waals surface area contributed by atoms with Gasteiger partial charge in [0.1, 0.15) is 5.03 Å². The lowest BCUT2D eigenvalue weighted by molar-refractivity contribution is -0.123. The molecule has 0 aromatic rings. The van der Waals surface area contributed by atoms with Gasteiger partial charge in [-0.05, 0) is 0 Å². The first-order valence-corrected chi connectivity index (χ1v) is 3.18. The van der Waals surface area contributed by atoms with Gasteiger partial charge in [0.2, 0.25) is 0 Å². The minimum Gasteiger partial charge on any atom is -0.336 e. The van der Waals surface area contributed by atoms with Gasteiger partial charge in [-0.15, -0.1) is 0 Å². The fourth-order valence-corrected chi connectivity index (χ4v) is 1.10. The lowest BCUT2D eigenvalue weighted by Crippen LogP contribution is -2.20. The van der Waals surface area contributed by atoms with Crippen LogP contribution in [0, 0.1) is 0 Å². The monoisotopic (exact) mass is 165 g/mol. The van der Waals surface area contributed by atoms with Gasteiger partial charge < -0.3 is 4.90 Å². The molecule has 1 aliphatic heterocycles. The Morgan fingerprint density at radius 1 is 1.56 bits per heavy atom. The predicted octanol–water partition coefficient (Wildman–Crippen LogP) is 1.15. The van der Waals surface area contributed by atoms with Crippen LogP contribution in [-0.4, -0.2) is 24.4 Å². The van der Waals surface area contributed by atoms with E-state index in [9.17, 15) is 4.79 Å². The molecule has 0 N–H and O–H groups in total. The summed E-state index contributed by atoms with van der Waals surface area (Å²) >= 11 is 11.0. The zero-order valence-electron chi connectivity index (χ0n) is 4.82. The van der Waals surface area contributed by atoms with Crippen molar-refractivity contribution in [3.05, 3.63) is 10.1 Å². The number of hydrogen-bond donors (Lipinski definition) is 0. The van der Waals surface area contributed by atoms with E-state index in [1.165, 1.54) is 4.90 Å². The van der Waals surface area contributed by atoms with Gasteiger partial charge in [0.25, 0.3) is 5.91 Å². The largest absolute Gasteiger partial charge is 0.336 e. The van der Waals surface area contributed by atoms with Crippen LogP contribution in [0.2, 0.25) is 0 Å². The number of carbonyl (C=O) groups excluding carboxylic acids is 1.